The summed E-state index contributed by atoms with van der Waals surface area (Å²) < 4.78 is 10.4. The lowest BCUT2D eigenvalue weighted by atomic mass is 10.2. The molecule has 0 atom stereocenters. The van der Waals surface area contributed by atoms with Crippen LogP contribution in [0.5, 0.6) is 0 Å². The molecule has 0 aliphatic carbocycles. The molecule has 1 aromatic carbocycles. The van der Waals surface area contributed by atoms with E-state index in [9.17, 15) is 0 Å². The van der Waals surface area contributed by atoms with Crippen LogP contribution in [0.2, 0.25) is 0 Å². The average Bonchev–Trinajstić information content (AvgIpc) is 2.39. The van der Waals surface area contributed by atoms with Crippen LogP contribution in [-0.4, -0.2) is 32.0 Å². The van der Waals surface area contributed by atoms with Gasteiger partial charge in [-0.2, -0.15) is 0 Å². The van der Waals surface area contributed by atoms with Gasteiger partial charge in [0, 0.05) is 32.6 Å². The molecule has 1 aromatic rings. The van der Waals surface area contributed by atoms with Gasteiger partial charge in [0.05, 0.1) is 6.61 Å². The van der Waals surface area contributed by atoms with Gasteiger partial charge >= 0.3 is 0 Å². The number of methoxy groups -OCH3 is 1. The predicted octanol–water partition coefficient (Wildman–Crippen LogP) is 2.55. The van der Waals surface area contributed by atoms with Gasteiger partial charge in [-0.3, -0.25) is 0 Å². The number of ether oxygens (including phenoxy) is 2. The molecule has 0 aliphatic rings. The van der Waals surface area contributed by atoms with Crippen LogP contribution in [-0.2, 0) is 16.1 Å². The maximum atomic E-state index is 5.26. The van der Waals surface area contributed by atoms with Crippen molar-refractivity contribution in [3.63, 3.8) is 0 Å². The highest BCUT2D eigenvalue weighted by atomic mass is 32.1. The normalized spacial score (nSPS) is 10.2. The van der Waals surface area contributed by atoms with E-state index in [-0.39, 0.29) is 0 Å². The maximum Gasteiger partial charge on any atom is 0.170 e. The SMILES string of the molecule is CCOCCCNC(=S)Nc1cccc(COC)c1. The molecule has 0 unspecified atom stereocenters. The Labute approximate surface area is 120 Å². The summed E-state index contributed by atoms with van der Waals surface area (Å²) in [6.07, 6.45) is 0.944. The number of nitrogens with one attached hydrogen (secondary N) is 2. The molecule has 2 N–H and O–H groups in total. The second-order valence-corrected chi connectivity index (χ2v) is 4.47. The Balaban J connectivity index is 2.29. The summed E-state index contributed by atoms with van der Waals surface area (Å²) in [6.45, 7) is 4.92. The highest BCUT2D eigenvalue weighted by Gasteiger charge is 1.99. The van der Waals surface area contributed by atoms with Crippen molar-refractivity contribution < 1.29 is 9.47 Å². The zero-order valence-electron chi connectivity index (χ0n) is 11.6. The molecule has 0 saturated heterocycles. The third-order valence-electron chi connectivity index (χ3n) is 2.45. The van der Waals surface area contributed by atoms with Crippen molar-refractivity contribution in [3.05, 3.63) is 29.8 Å². The van der Waals surface area contributed by atoms with Crippen molar-refractivity contribution in [1.29, 1.82) is 0 Å². The van der Waals surface area contributed by atoms with Crippen molar-refractivity contribution in [2.75, 3.05) is 32.2 Å². The second kappa shape index (κ2) is 9.72. The van der Waals surface area contributed by atoms with Crippen LogP contribution in [0, 0.1) is 0 Å². The third-order valence-corrected chi connectivity index (χ3v) is 2.70. The Morgan fingerprint density at radius 3 is 2.95 bits per heavy atom. The summed E-state index contributed by atoms with van der Waals surface area (Å²) in [5.74, 6) is 0. The van der Waals surface area contributed by atoms with E-state index in [4.69, 9.17) is 21.7 Å². The molecule has 0 spiro atoms. The van der Waals surface area contributed by atoms with Crippen LogP contribution in [0.1, 0.15) is 18.9 Å². The summed E-state index contributed by atoms with van der Waals surface area (Å²) in [6, 6.07) is 8.01. The van der Waals surface area contributed by atoms with E-state index < -0.39 is 0 Å². The van der Waals surface area contributed by atoms with Crippen molar-refractivity contribution in [2.45, 2.75) is 20.0 Å². The first-order valence-electron chi connectivity index (χ1n) is 6.46. The van der Waals surface area contributed by atoms with E-state index in [2.05, 4.69) is 10.6 Å². The summed E-state index contributed by atoms with van der Waals surface area (Å²) >= 11 is 5.23. The van der Waals surface area contributed by atoms with E-state index in [0.717, 1.165) is 37.4 Å². The largest absolute Gasteiger partial charge is 0.382 e. The third kappa shape index (κ3) is 7.10. The number of rotatable bonds is 8. The Hall–Kier alpha value is -1.17. The minimum atomic E-state index is 0.601. The molecule has 4 nitrogen and oxygen atoms in total. The molecule has 106 valence electrons. The molecule has 0 fully saturated rings. The fraction of sp³-hybridized carbons (Fsp3) is 0.500. The monoisotopic (exact) mass is 282 g/mol. The van der Waals surface area contributed by atoms with Crippen molar-refractivity contribution in [3.8, 4) is 0 Å². The number of benzene rings is 1. The first-order valence-corrected chi connectivity index (χ1v) is 6.87. The van der Waals surface area contributed by atoms with Gasteiger partial charge in [-0.15, -0.1) is 0 Å². The molecule has 0 bridgehead atoms. The van der Waals surface area contributed by atoms with Crippen LogP contribution in [0.15, 0.2) is 24.3 Å². The molecule has 0 amide bonds. The summed E-state index contributed by atoms with van der Waals surface area (Å²) in [5.41, 5.74) is 2.09. The Kier molecular flexibility index (Phi) is 8.13. The molecular weight excluding hydrogens is 260 g/mol. The van der Waals surface area contributed by atoms with Crippen molar-refractivity contribution >= 4 is 23.0 Å². The van der Waals surface area contributed by atoms with E-state index >= 15 is 0 Å². The summed E-state index contributed by atoms with van der Waals surface area (Å²) in [7, 11) is 1.69. The van der Waals surface area contributed by atoms with Crippen molar-refractivity contribution in [2.24, 2.45) is 0 Å². The lowest BCUT2D eigenvalue weighted by Gasteiger charge is -2.11. The Morgan fingerprint density at radius 2 is 2.21 bits per heavy atom. The topological polar surface area (TPSA) is 42.5 Å². The van der Waals surface area contributed by atoms with Crippen LogP contribution >= 0.6 is 12.2 Å². The zero-order chi connectivity index (χ0) is 13.9. The predicted molar refractivity (Wildman–Crippen MR) is 82.5 cm³/mol. The van der Waals surface area contributed by atoms with Crippen molar-refractivity contribution in [1.82, 2.24) is 5.32 Å². The highest BCUT2D eigenvalue weighted by Crippen LogP contribution is 2.11. The second-order valence-electron chi connectivity index (χ2n) is 4.06. The molecule has 1 rings (SSSR count). The molecular formula is C14H22N2O2S. The minimum absolute atomic E-state index is 0.601. The van der Waals surface area contributed by atoms with Gasteiger partial charge < -0.3 is 20.1 Å². The van der Waals surface area contributed by atoms with Gasteiger partial charge in [0.2, 0.25) is 0 Å². The number of hydrogen-bond acceptors (Lipinski definition) is 3. The highest BCUT2D eigenvalue weighted by molar-refractivity contribution is 7.80. The van der Waals surface area contributed by atoms with E-state index in [1.807, 2.05) is 31.2 Å². The smallest absolute Gasteiger partial charge is 0.170 e. The minimum Gasteiger partial charge on any atom is -0.382 e. The van der Waals surface area contributed by atoms with Crippen LogP contribution in [0.3, 0.4) is 0 Å². The number of hydrogen-bond donors (Lipinski definition) is 2. The lowest BCUT2D eigenvalue weighted by Crippen LogP contribution is -2.29. The van der Waals surface area contributed by atoms with Gasteiger partial charge in [0.1, 0.15) is 0 Å². The fourth-order valence-electron chi connectivity index (χ4n) is 1.60. The summed E-state index contributed by atoms with van der Waals surface area (Å²) in [5, 5.41) is 6.94. The van der Waals surface area contributed by atoms with E-state index in [0.29, 0.717) is 11.7 Å². The first kappa shape index (κ1) is 15.9. The van der Waals surface area contributed by atoms with Crippen LogP contribution in [0.4, 0.5) is 5.69 Å². The molecule has 0 radical (unpaired) electrons. The summed E-state index contributed by atoms with van der Waals surface area (Å²) in [4.78, 5) is 0. The molecule has 5 heteroatoms. The quantitative estimate of drug-likeness (QED) is 0.566. The number of thiocarbonyl (C=S) groups is 1. The Morgan fingerprint density at radius 1 is 1.37 bits per heavy atom. The maximum absolute atomic E-state index is 5.26. The fourth-order valence-corrected chi connectivity index (χ4v) is 1.82. The van der Waals surface area contributed by atoms with Crippen LogP contribution in [0.25, 0.3) is 0 Å². The standard InChI is InChI=1S/C14H22N2O2S/c1-3-18-9-5-8-15-14(19)16-13-7-4-6-12(10-13)11-17-2/h4,6-7,10H,3,5,8-9,11H2,1-2H3,(H2,15,16,19). The first-order chi connectivity index (χ1) is 9.26. The molecule has 0 saturated carbocycles. The van der Waals surface area contributed by atoms with Gasteiger partial charge in [-0.25, -0.2) is 0 Å². The average molecular weight is 282 g/mol. The van der Waals surface area contributed by atoms with Gasteiger partial charge in [0.25, 0.3) is 0 Å². The Bertz CT molecular complexity index is 385. The zero-order valence-corrected chi connectivity index (χ0v) is 12.4. The molecule has 0 aromatic heterocycles. The molecule has 19 heavy (non-hydrogen) atoms. The van der Waals surface area contributed by atoms with Gasteiger partial charge in [0.15, 0.2) is 5.11 Å². The molecule has 0 heterocycles. The lowest BCUT2D eigenvalue weighted by molar-refractivity contribution is 0.146. The van der Waals surface area contributed by atoms with Gasteiger partial charge in [-0.05, 0) is 43.3 Å². The van der Waals surface area contributed by atoms with E-state index in [1.54, 1.807) is 7.11 Å². The van der Waals surface area contributed by atoms with Gasteiger partial charge in [-0.1, -0.05) is 12.1 Å². The van der Waals surface area contributed by atoms with Crippen LogP contribution < -0.4 is 10.6 Å². The number of anilines is 1. The van der Waals surface area contributed by atoms with E-state index in [1.165, 1.54) is 0 Å². The molecule has 0 aliphatic heterocycles.